The van der Waals surface area contributed by atoms with Gasteiger partial charge in [-0.15, -0.1) is 0 Å². The molecule has 0 saturated heterocycles. The Morgan fingerprint density at radius 1 is 1.00 bits per heavy atom. The van der Waals surface area contributed by atoms with E-state index >= 15 is 0 Å². The Hall–Kier alpha value is -4.04. The van der Waals surface area contributed by atoms with E-state index in [2.05, 4.69) is 5.10 Å². The molecule has 35 heavy (non-hydrogen) atoms. The molecule has 4 N–H and O–H groups in total. The number of sulfonamides is 1. The predicted octanol–water partition coefficient (Wildman–Crippen LogP) is 2.72. The highest BCUT2D eigenvalue weighted by Crippen LogP contribution is 2.33. The fourth-order valence-electron chi connectivity index (χ4n) is 2.82. The standard InChI is InChI=1S/C17H14F3N3O2S.C4H3FN2O2/c1-11-2-4-12(5-3-11)15-10-16(17(18,19)20)22-23(15)13-6-8-14(9-7-13)26(21,24)25;5-2-1-6-4(9)7-3(2)8/h2-10H,1H3,(H2,21,24,25);1H,(H2,6,7,8,9). The Kier molecular flexibility index (Phi) is 7.07. The van der Waals surface area contributed by atoms with E-state index in [-0.39, 0.29) is 16.3 Å². The SMILES string of the molecule is Cc1ccc(-c2cc(C(F)(F)F)nn2-c2ccc(S(N)(=O)=O)cc2)cc1.O=c1[nH]cc(F)c(=O)[nH]1. The third kappa shape index (κ3) is 6.30. The molecule has 184 valence electrons. The van der Waals surface area contributed by atoms with E-state index in [0.29, 0.717) is 11.8 Å². The van der Waals surface area contributed by atoms with E-state index in [4.69, 9.17) is 5.14 Å². The van der Waals surface area contributed by atoms with Gasteiger partial charge in [-0.3, -0.25) is 9.78 Å². The molecule has 0 aliphatic carbocycles. The summed E-state index contributed by atoms with van der Waals surface area (Å²) in [7, 11) is -3.90. The number of nitrogens with one attached hydrogen (secondary N) is 2. The fourth-order valence-corrected chi connectivity index (χ4v) is 3.33. The Morgan fingerprint density at radius 3 is 2.09 bits per heavy atom. The average Bonchev–Trinajstić information content (AvgIpc) is 3.23. The van der Waals surface area contributed by atoms with Gasteiger partial charge in [0, 0.05) is 11.8 Å². The molecule has 0 atom stereocenters. The topological polar surface area (TPSA) is 144 Å². The van der Waals surface area contributed by atoms with Gasteiger partial charge in [0.05, 0.1) is 16.3 Å². The van der Waals surface area contributed by atoms with Crippen LogP contribution < -0.4 is 16.4 Å². The highest BCUT2D eigenvalue weighted by atomic mass is 32.2. The van der Waals surface area contributed by atoms with Crippen LogP contribution in [0.15, 0.2) is 75.3 Å². The number of aromatic nitrogens is 4. The minimum atomic E-state index is -4.61. The van der Waals surface area contributed by atoms with Gasteiger partial charge in [-0.1, -0.05) is 29.8 Å². The van der Waals surface area contributed by atoms with Crippen molar-refractivity contribution in [2.45, 2.75) is 18.0 Å². The van der Waals surface area contributed by atoms with Gasteiger partial charge in [0.1, 0.15) is 0 Å². The fraction of sp³-hybridized carbons (Fsp3) is 0.0952. The van der Waals surface area contributed by atoms with Crippen molar-refractivity contribution in [1.29, 1.82) is 0 Å². The third-order valence-electron chi connectivity index (χ3n) is 4.53. The van der Waals surface area contributed by atoms with Crippen LogP contribution in [0.4, 0.5) is 17.6 Å². The molecule has 4 rings (SSSR count). The predicted molar refractivity (Wildman–Crippen MR) is 118 cm³/mol. The van der Waals surface area contributed by atoms with Crippen molar-refractivity contribution in [3.63, 3.8) is 0 Å². The second-order valence-corrected chi connectivity index (χ2v) is 8.71. The minimum absolute atomic E-state index is 0.138. The number of alkyl halides is 3. The molecule has 0 radical (unpaired) electrons. The first-order valence-corrected chi connectivity index (χ1v) is 11.2. The second-order valence-electron chi connectivity index (χ2n) is 7.15. The maximum Gasteiger partial charge on any atom is 0.435 e. The molecule has 0 bridgehead atoms. The number of hydrogen-bond acceptors (Lipinski definition) is 5. The monoisotopic (exact) mass is 511 g/mol. The molecule has 2 aromatic heterocycles. The molecule has 9 nitrogen and oxygen atoms in total. The molecule has 14 heteroatoms. The van der Waals surface area contributed by atoms with Crippen LogP contribution in [-0.2, 0) is 16.2 Å². The van der Waals surface area contributed by atoms with E-state index in [0.717, 1.165) is 16.3 Å². The van der Waals surface area contributed by atoms with Gasteiger partial charge in [-0.25, -0.2) is 23.0 Å². The highest BCUT2D eigenvalue weighted by Gasteiger charge is 2.35. The molecule has 0 saturated carbocycles. The first-order chi connectivity index (χ1) is 16.3. The molecule has 0 aliphatic heterocycles. The van der Waals surface area contributed by atoms with Gasteiger partial charge >= 0.3 is 11.9 Å². The van der Waals surface area contributed by atoms with Crippen molar-refractivity contribution >= 4 is 10.0 Å². The van der Waals surface area contributed by atoms with Crippen molar-refractivity contribution in [2.24, 2.45) is 5.14 Å². The van der Waals surface area contributed by atoms with Crippen LogP contribution in [-0.4, -0.2) is 28.2 Å². The second kappa shape index (κ2) is 9.68. The molecule has 0 aliphatic rings. The van der Waals surface area contributed by atoms with Crippen LogP contribution >= 0.6 is 0 Å². The molecule has 4 aromatic rings. The molecule has 0 spiro atoms. The van der Waals surface area contributed by atoms with Gasteiger partial charge in [-0.05, 0) is 37.3 Å². The maximum atomic E-state index is 13.1. The normalized spacial score (nSPS) is 11.6. The van der Waals surface area contributed by atoms with Crippen LogP contribution in [0.5, 0.6) is 0 Å². The molecule has 0 amide bonds. The summed E-state index contributed by atoms with van der Waals surface area (Å²) in [6.45, 7) is 1.87. The number of benzene rings is 2. The number of hydrogen-bond donors (Lipinski definition) is 3. The first-order valence-electron chi connectivity index (χ1n) is 9.61. The zero-order valence-corrected chi connectivity index (χ0v) is 18.6. The third-order valence-corrected chi connectivity index (χ3v) is 5.46. The lowest BCUT2D eigenvalue weighted by Gasteiger charge is -2.09. The summed E-state index contributed by atoms with van der Waals surface area (Å²) in [5.74, 6) is -0.991. The molecular formula is C21H17F4N5O4S. The van der Waals surface area contributed by atoms with E-state index in [9.17, 15) is 35.6 Å². The summed E-state index contributed by atoms with van der Waals surface area (Å²) >= 11 is 0. The summed E-state index contributed by atoms with van der Waals surface area (Å²) in [6, 6.07) is 13.1. The Balaban J connectivity index is 0.000000320. The number of nitrogens with two attached hydrogens (primary N) is 1. The van der Waals surface area contributed by atoms with Gasteiger partial charge in [-0.2, -0.15) is 22.7 Å². The van der Waals surface area contributed by atoms with Crippen molar-refractivity contribution in [1.82, 2.24) is 19.7 Å². The van der Waals surface area contributed by atoms with Crippen LogP contribution in [0.25, 0.3) is 16.9 Å². The Morgan fingerprint density at radius 2 is 1.60 bits per heavy atom. The quantitative estimate of drug-likeness (QED) is 0.363. The molecule has 0 unspecified atom stereocenters. The number of nitrogens with zero attached hydrogens (tertiary/aromatic N) is 2. The van der Waals surface area contributed by atoms with Gasteiger partial charge < -0.3 is 4.98 Å². The van der Waals surface area contributed by atoms with Crippen LogP contribution in [0.1, 0.15) is 11.3 Å². The summed E-state index contributed by atoms with van der Waals surface area (Å²) in [5, 5.41) is 8.70. The smallest absolute Gasteiger partial charge is 0.311 e. The molecule has 0 fully saturated rings. The summed E-state index contributed by atoms with van der Waals surface area (Å²) in [4.78, 5) is 23.9. The van der Waals surface area contributed by atoms with Crippen LogP contribution in [0.3, 0.4) is 0 Å². The van der Waals surface area contributed by atoms with Gasteiger partial charge in [0.15, 0.2) is 5.69 Å². The van der Waals surface area contributed by atoms with Crippen molar-refractivity contribution in [3.8, 4) is 16.9 Å². The summed E-state index contributed by atoms with van der Waals surface area (Å²) in [5.41, 5.74) is -0.713. The Bertz CT molecular complexity index is 1560. The van der Waals surface area contributed by atoms with E-state index < -0.39 is 39.0 Å². The number of halogens is 4. The first kappa shape index (κ1) is 25.6. The lowest BCUT2D eigenvalue weighted by molar-refractivity contribution is -0.141. The zero-order chi connectivity index (χ0) is 26.0. The van der Waals surface area contributed by atoms with E-state index in [1.807, 2.05) is 11.9 Å². The van der Waals surface area contributed by atoms with Crippen LogP contribution in [0, 0.1) is 12.7 Å². The van der Waals surface area contributed by atoms with E-state index in [1.165, 1.54) is 24.3 Å². The molecule has 2 aromatic carbocycles. The van der Waals surface area contributed by atoms with Gasteiger partial charge in [0.2, 0.25) is 15.8 Å². The van der Waals surface area contributed by atoms with E-state index in [1.54, 1.807) is 29.2 Å². The summed E-state index contributed by atoms with van der Waals surface area (Å²) < 4.78 is 75.2. The highest BCUT2D eigenvalue weighted by molar-refractivity contribution is 7.89. The number of aryl methyl sites for hydroxylation is 1. The number of primary sulfonamides is 1. The largest absolute Gasteiger partial charge is 0.435 e. The lowest BCUT2D eigenvalue weighted by Crippen LogP contribution is -2.23. The van der Waals surface area contributed by atoms with Crippen molar-refractivity contribution in [2.75, 3.05) is 0 Å². The number of aromatic amines is 2. The molecular weight excluding hydrogens is 494 g/mol. The number of rotatable bonds is 3. The average molecular weight is 511 g/mol. The van der Waals surface area contributed by atoms with Gasteiger partial charge in [0.25, 0.3) is 5.56 Å². The van der Waals surface area contributed by atoms with Crippen molar-refractivity contribution < 1.29 is 26.0 Å². The minimum Gasteiger partial charge on any atom is -0.311 e. The maximum absolute atomic E-state index is 13.1. The van der Waals surface area contributed by atoms with Crippen LogP contribution in [0.2, 0.25) is 0 Å². The number of H-pyrrole nitrogens is 2. The zero-order valence-electron chi connectivity index (χ0n) is 17.8. The Labute approximate surface area is 194 Å². The molecule has 2 heterocycles. The lowest BCUT2D eigenvalue weighted by atomic mass is 10.1. The van der Waals surface area contributed by atoms with Crippen molar-refractivity contribution in [3.05, 3.63) is 98.7 Å². The summed E-state index contributed by atoms with van der Waals surface area (Å²) in [6.07, 6.45) is -3.90.